The van der Waals surface area contributed by atoms with Crippen molar-refractivity contribution in [2.45, 2.75) is 44.0 Å². The van der Waals surface area contributed by atoms with E-state index in [2.05, 4.69) is 19.8 Å². The highest BCUT2D eigenvalue weighted by Gasteiger charge is 2.30. The van der Waals surface area contributed by atoms with Gasteiger partial charge in [0.25, 0.3) is 10.0 Å². The van der Waals surface area contributed by atoms with Gasteiger partial charge >= 0.3 is 0 Å². The monoisotopic (exact) mass is 477 g/mol. The largest absolute Gasteiger partial charge is 0.355 e. The van der Waals surface area contributed by atoms with Crippen molar-refractivity contribution >= 4 is 33.1 Å². The van der Waals surface area contributed by atoms with Crippen LogP contribution in [0.3, 0.4) is 0 Å². The highest BCUT2D eigenvalue weighted by molar-refractivity contribution is 7.92. The van der Waals surface area contributed by atoms with Gasteiger partial charge in [-0.3, -0.25) is 9.52 Å². The Kier molecular flexibility index (Phi) is 5.73. The van der Waals surface area contributed by atoms with Crippen molar-refractivity contribution < 1.29 is 13.2 Å². The molecule has 1 amide bonds. The van der Waals surface area contributed by atoms with Crippen LogP contribution in [0.25, 0.3) is 11.3 Å². The molecular weight excluding hydrogens is 450 g/mol. The average molecular weight is 478 g/mol. The molecule has 0 bridgehead atoms. The van der Waals surface area contributed by atoms with E-state index in [1.54, 1.807) is 35.2 Å². The molecule has 1 N–H and O–H groups in total. The van der Waals surface area contributed by atoms with Crippen LogP contribution in [-0.4, -0.2) is 43.7 Å². The second-order valence-electron chi connectivity index (χ2n) is 8.89. The number of fused-ring (bicyclic) bond motifs is 1. The molecule has 8 nitrogen and oxygen atoms in total. The normalized spacial score (nSPS) is 17.6. The molecule has 176 valence electrons. The number of benzene rings is 2. The quantitative estimate of drug-likeness (QED) is 0.600. The number of carbonyl (C=O) groups is 1. The van der Waals surface area contributed by atoms with Crippen LogP contribution >= 0.6 is 0 Å². The molecule has 2 aromatic carbocycles. The molecule has 2 aliphatic rings. The van der Waals surface area contributed by atoms with E-state index in [9.17, 15) is 13.2 Å². The Balaban J connectivity index is 1.31. The molecule has 5 rings (SSSR count). The fourth-order valence-electron chi connectivity index (χ4n) is 4.77. The predicted octanol–water partition coefficient (Wildman–Crippen LogP) is 3.84. The molecule has 0 radical (unpaired) electrons. The summed E-state index contributed by atoms with van der Waals surface area (Å²) in [6, 6.07) is 15.9. The summed E-state index contributed by atoms with van der Waals surface area (Å²) in [4.78, 5) is 16.0. The Morgan fingerprint density at radius 3 is 2.38 bits per heavy atom. The van der Waals surface area contributed by atoms with E-state index in [1.165, 1.54) is 19.8 Å². The first-order valence-corrected chi connectivity index (χ1v) is 12.9. The molecule has 3 aromatic rings. The topological polar surface area (TPSA) is 95.5 Å². The fourth-order valence-corrected chi connectivity index (χ4v) is 5.88. The summed E-state index contributed by atoms with van der Waals surface area (Å²) >= 11 is 0. The summed E-state index contributed by atoms with van der Waals surface area (Å²) < 4.78 is 28.6. The van der Waals surface area contributed by atoms with Gasteiger partial charge in [-0.15, -0.1) is 10.2 Å². The maximum Gasteiger partial charge on any atom is 0.261 e. The van der Waals surface area contributed by atoms with Crippen LogP contribution < -0.4 is 14.5 Å². The van der Waals surface area contributed by atoms with Gasteiger partial charge in [0.05, 0.1) is 10.6 Å². The van der Waals surface area contributed by atoms with Gasteiger partial charge in [-0.25, -0.2) is 8.42 Å². The molecule has 2 aliphatic heterocycles. The number of anilines is 3. The molecule has 1 saturated heterocycles. The molecular formula is C25H27N5O3S. The van der Waals surface area contributed by atoms with Crippen LogP contribution in [0.15, 0.2) is 59.5 Å². The number of nitrogens with zero attached hydrogens (tertiary/aromatic N) is 4. The van der Waals surface area contributed by atoms with Crippen molar-refractivity contribution in [3.8, 4) is 11.3 Å². The zero-order valence-corrected chi connectivity index (χ0v) is 20.0. The van der Waals surface area contributed by atoms with E-state index in [0.717, 1.165) is 41.4 Å². The lowest BCUT2D eigenvalue weighted by Crippen LogP contribution is -2.33. The Morgan fingerprint density at radius 2 is 1.74 bits per heavy atom. The second kappa shape index (κ2) is 8.72. The molecule has 1 aromatic heterocycles. The number of amides is 1. The Morgan fingerprint density at radius 1 is 1.00 bits per heavy atom. The molecule has 1 atom stereocenters. The van der Waals surface area contributed by atoms with Gasteiger partial charge in [0.1, 0.15) is 0 Å². The zero-order chi connectivity index (χ0) is 23.9. The molecule has 1 fully saturated rings. The second-order valence-corrected chi connectivity index (χ2v) is 10.6. The minimum atomic E-state index is -3.77. The van der Waals surface area contributed by atoms with Crippen molar-refractivity contribution in [3.63, 3.8) is 0 Å². The van der Waals surface area contributed by atoms with Crippen molar-refractivity contribution in [2.24, 2.45) is 0 Å². The van der Waals surface area contributed by atoms with Crippen LogP contribution in [0.1, 0.15) is 32.3 Å². The minimum absolute atomic E-state index is 0.0125. The van der Waals surface area contributed by atoms with E-state index in [1.807, 2.05) is 31.2 Å². The van der Waals surface area contributed by atoms with Crippen molar-refractivity contribution in [1.82, 2.24) is 10.2 Å². The summed E-state index contributed by atoms with van der Waals surface area (Å²) in [7, 11) is -3.77. The van der Waals surface area contributed by atoms with Crippen LogP contribution in [-0.2, 0) is 21.2 Å². The molecule has 1 unspecified atom stereocenters. The zero-order valence-electron chi connectivity index (χ0n) is 19.2. The highest BCUT2D eigenvalue weighted by atomic mass is 32.2. The average Bonchev–Trinajstić information content (AvgIpc) is 3.46. The van der Waals surface area contributed by atoms with Crippen LogP contribution in [0.2, 0.25) is 0 Å². The van der Waals surface area contributed by atoms with Gasteiger partial charge < -0.3 is 9.80 Å². The first-order valence-electron chi connectivity index (χ1n) is 11.5. The number of nitrogens with one attached hydrogen (secondary N) is 1. The lowest BCUT2D eigenvalue weighted by molar-refractivity contribution is -0.116. The van der Waals surface area contributed by atoms with Crippen molar-refractivity contribution in [2.75, 3.05) is 27.6 Å². The summed E-state index contributed by atoms with van der Waals surface area (Å²) in [6.45, 7) is 5.51. The van der Waals surface area contributed by atoms with Gasteiger partial charge in [-0.05, 0) is 74.2 Å². The molecule has 0 spiro atoms. The first kappa shape index (κ1) is 22.3. The number of rotatable bonds is 5. The molecule has 34 heavy (non-hydrogen) atoms. The van der Waals surface area contributed by atoms with Crippen LogP contribution in [0, 0.1) is 0 Å². The third kappa shape index (κ3) is 4.23. The third-order valence-electron chi connectivity index (χ3n) is 6.43. The standard InChI is InChI=1S/C25H27N5O3S/c1-17-15-20-16-22(9-11-24(20)30(17)18(2)31)34(32,33)28-21-7-5-19(6-8-21)23-10-12-25(27-26-23)29-13-3-4-14-29/h5-12,16-17,28H,3-4,13-15H2,1-2H3. The van der Waals surface area contributed by atoms with E-state index in [0.29, 0.717) is 12.1 Å². The lowest BCUT2D eigenvalue weighted by atomic mass is 10.1. The number of aromatic nitrogens is 2. The van der Waals surface area contributed by atoms with Crippen LogP contribution in [0.4, 0.5) is 17.2 Å². The van der Waals surface area contributed by atoms with Crippen molar-refractivity contribution in [3.05, 3.63) is 60.2 Å². The third-order valence-corrected chi connectivity index (χ3v) is 7.81. The molecule has 0 saturated carbocycles. The number of carbonyl (C=O) groups excluding carboxylic acids is 1. The molecule has 9 heteroatoms. The number of hydrogen-bond acceptors (Lipinski definition) is 6. The van der Waals surface area contributed by atoms with Crippen LogP contribution in [0.5, 0.6) is 0 Å². The van der Waals surface area contributed by atoms with E-state index < -0.39 is 10.0 Å². The summed E-state index contributed by atoms with van der Waals surface area (Å²) in [5.74, 6) is 0.844. The highest BCUT2D eigenvalue weighted by Crippen LogP contribution is 2.34. The molecule has 0 aliphatic carbocycles. The SMILES string of the molecule is CC(=O)N1c2ccc(S(=O)(=O)Nc3ccc(-c4ccc(N5CCCC5)nn4)cc3)cc2CC1C. The van der Waals surface area contributed by atoms with E-state index in [-0.39, 0.29) is 16.8 Å². The van der Waals surface area contributed by atoms with Gasteiger partial charge in [-0.1, -0.05) is 12.1 Å². The summed E-state index contributed by atoms with van der Waals surface area (Å²) in [5.41, 5.74) is 3.70. The van der Waals surface area contributed by atoms with E-state index in [4.69, 9.17) is 0 Å². The minimum Gasteiger partial charge on any atom is -0.355 e. The maximum absolute atomic E-state index is 13.0. The van der Waals surface area contributed by atoms with E-state index >= 15 is 0 Å². The summed E-state index contributed by atoms with van der Waals surface area (Å²) in [5, 5.41) is 8.69. The molecule has 3 heterocycles. The Labute approximate surface area is 199 Å². The van der Waals surface area contributed by atoms with Gasteiger partial charge in [-0.2, -0.15) is 0 Å². The number of hydrogen-bond donors (Lipinski definition) is 1. The van der Waals surface area contributed by atoms with Crippen molar-refractivity contribution in [1.29, 1.82) is 0 Å². The fraction of sp³-hybridized carbons (Fsp3) is 0.320. The lowest BCUT2D eigenvalue weighted by Gasteiger charge is -2.20. The first-order chi connectivity index (χ1) is 16.3. The maximum atomic E-state index is 13.0. The van der Waals surface area contributed by atoms with Gasteiger partial charge in [0, 0.05) is 43.0 Å². The summed E-state index contributed by atoms with van der Waals surface area (Å²) in [6.07, 6.45) is 3.00. The predicted molar refractivity (Wildman–Crippen MR) is 132 cm³/mol. The Hall–Kier alpha value is -3.46. The van der Waals surface area contributed by atoms with Gasteiger partial charge in [0.15, 0.2) is 5.82 Å². The van der Waals surface area contributed by atoms with Gasteiger partial charge in [0.2, 0.25) is 5.91 Å². The number of sulfonamides is 1. The Bertz CT molecular complexity index is 1320. The smallest absolute Gasteiger partial charge is 0.261 e.